The smallest absolute Gasteiger partial charge is 0.306 e. The van der Waals surface area contributed by atoms with E-state index in [-0.39, 0.29) is 18.8 Å². The van der Waals surface area contributed by atoms with Crippen LogP contribution in [0.25, 0.3) is 10.9 Å². The van der Waals surface area contributed by atoms with Crippen molar-refractivity contribution in [1.82, 2.24) is 4.98 Å². The third kappa shape index (κ3) is 4.34. The zero-order valence-corrected chi connectivity index (χ0v) is 16.2. The second-order valence-electron chi connectivity index (χ2n) is 6.48. The largest absolute Gasteiger partial charge is 0.497 e. The number of esters is 1. The van der Waals surface area contributed by atoms with Crippen LogP contribution < -0.4 is 9.47 Å². The first-order valence-electron chi connectivity index (χ1n) is 9.00. The molecule has 2 aromatic carbocycles. The molecule has 1 aromatic heterocycles. The lowest BCUT2D eigenvalue weighted by atomic mass is 10.1. The number of Topliss-reactive ketones (excluding diaryl/α,β-unsaturated/α-hetero) is 1. The van der Waals surface area contributed by atoms with Gasteiger partial charge in [0.1, 0.15) is 11.5 Å². The van der Waals surface area contributed by atoms with Gasteiger partial charge in [-0.2, -0.15) is 0 Å². The van der Waals surface area contributed by atoms with Crippen LogP contribution in [-0.2, 0) is 16.0 Å². The number of nitrogens with one attached hydrogen (secondary N) is 1. The van der Waals surface area contributed by atoms with Crippen molar-refractivity contribution >= 4 is 22.7 Å². The van der Waals surface area contributed by atoms with Gasteiger partial charge in [0.05, 0.1) is 14.2 Å². The van der Waals surface area contributed by atoms with E-state index in [1.54, 1.807) is 20.3 Å². The lowest BCUT2D eigenvalue weighted by Crippen LogP contribution is -2.15. The Hall–Kier alpha value is -3.28. The maximum Gasteiger partial charge on any atom is 0.306 e. The van der Waals surface area contributed by atoms with Crippen molar-refractivity contribution in [3.8, 4) is 11.5 Å². The summed E-state index contributed by atoms with van der Waals surface area (Å²) in [5.41, 5.74) is 3.13. The first-order chi connectivity index (χ1) is 13.5. The fourth-order valence-corrected chi connectivity index (χ4v) is 3.18. The van der Waals surface area contributed by atoms with Crippen LogP contribution in [0.5, 0.6) is 11.5 Å². The highest BCUT2D eigenvalue weighted by Gasteiger charge is 2.17. The van der Waals surface area contributed by atoms with Crippen LogP contribution in [0.1, 0.15) is 28.0 Å². The average Bonchev–Trinajstić information content (AvgIpc) is 3.05. The number of aromatic nitrogens is 1. The Labute approximate surface area is 163 Å². The number of hydrogen-bond donors (Lipinski definition) is 1. The molecule has 0 atom stereocenters. The Bertz CT molecular complexity index is 983. The summed E-state index contributed by atoms with van der Waals surface area (Å²) in [5, 5.41) is 0.838. The average molecular weight is 381 g/mol. The normalized spacial score (nSPS) is 10.7. The van der Waals surface area contributed by atoms with Gasteiger partial charge < -0.3 is 19.2 Å². The quantitative estimate of drug-likeness (QED) is 0.474. The number of rotatable bonds is 8. The van der Waals surface area contributed by atoms with E-state index >= 15 is 0 Å². The summed E-state index contributed by atoms with van der Waals surface area (Å²) in [6.07, 6.45) is 0.628. The maximum absolute atomic E-state index is 12.6. The number of ether oxygens (including phenoxy) is 3. The number of methoxy groups -OCH3 is 2. The lowest BCUT2D eigenvalue weighted by molar-refractivity contribution is -0.142. The molecule has 0 aliphatic heterocycles. The molecular weight excluding hydrogens is 358 g/mol. The molecule has 1 heterocycles. The number of para-hydroxylation sites is 1. The fourth-order valence-electron chi connectivity index (χ4n) is 3.18. The van der Waals surface area contributed by atoms with Crippen LogP contribution in [0.2, 0.25) is 0 Å². The van der Waals surface area contributed by atoms with Gasteiger partial charge in [-0.3, -0.25) is 9.59 Å². The van der Waals surface area contributed by atoms with E-state index in [1.807, 2.05) is 43.3 Å². The molecule has 0 unspecified atom stereocenters. The number of hydrogen-bond acceptors (Lipinski definition) is 5. The molecule has 6 nitrogen and oxygen atoms in total. The van der Waals surface area contributed by atoms with Crippen LogP contribution in [0, 0.1) is 6.92 Å². The van der Waals surface area contributed by atoms with Gasteiger partial charge in [-0.05, 0) is 37.1 Å². The van der Waals surface area contributed by atoms with Crippen molar-refractivity contribution < 1.29 is 23.8 Å². The van der Waals surface area contributed by atoms with Gasteiger partial charge in [-0.15, -0.1) is 0 Å². The summed E-state index contributed by atoms with van der Waals surface area (Å²) in [5.74, 6) is 0.680. The predicted octanol–water partition coefficient (Wildman–Crippen LogP) is 3.85. The first-order valence-corrected chi connectivity index (χ1v) is 9.00. The van der Waals surface area contributed by atoms with E-state index in [9.17, 15) is 9.59 Å². The minimum atomic E-state index is -0.423. The molecule has 1 N–H and O–H groups in total. The zero-order chi connectivity index (χ0) is 20.1. The number of carbonyl (C=O) groups is 2. The van der Waals surface area contributed by atoms with Gasteiger partial charge in [0.15, 0.2) is 6.61 Å². The van der Waals surface area contributed by atoms with Gasteiger partial charge in [0.25, 0.3) is 0 Å². The van der Waals surface area contributed by atoms with Gasteiger partial charge in [0, 0.05) is 34.6 Å². The number of carbonyl (C=O) groups excluding carboxylic acids is 2. The van der Waals surface area contributed by atoms with Crippen LogP contribution in [-0.4, -0.2) is 37.6 Å². The Kier molecular flexibility index (Phi) is 5.99. The minimum Gasteiger partial charge on any atom is -0.497 e. The highest BCUT2D eigenvalue weighted by molar-refractivity contribution is 6.10. The van der Waals surface area contributed by atoms with Crippen LogP contribution in [0.15, 0.2) is 42.5 Å². The Morgan fingerprint density at radius 3 is 2.36 bits per heavy atom. The molecule has 0 bridgehead atoms. The minimum absolute atomic E-state index is 0.163. The molecule has 146 valence electrons. The van der Waals surface area contributed by atoms with Crippen LogP contribution >= 0.6 is 0 Å². The van der Waals surface area contributed by atoms with Gasteiger partial charge in [-0.25, -0.2) is 0 Å². The molecule has 28 heavy (non-hydrogen) atoms. The summed E-state index contributed by atoms with van der Waals surface area (Å²) in [7, 11) is 3.15. The summed E-state index contributed by atoms with van der Waals surface area (Å²) in [4.78, 5) is 27.8. The van der Waals surface area contributed by atoms with Crippen molar-refractivity contribution in [2.75, 3.05) is 20.8 Å². The number of H-pyrrole nitrogens is 1. The summed E-state index contributed by atoms with van der Waals surface area (Å²) in [6.45, 7) is 1.56. The molecule has 0 amide bonds. The number of ketones is 1. The topological polar surface area (TPSA) is 77.6 Å². The monoisotopic (exact) mass is 381 g/mol. The highest BCUT2D eigenvalue weighted by atomic mass is 16.5. The molecule has 3 rings (SSSR count). The van der Waals surface area contributed by atoms with Crippen molar-refractivity contribution in [2.45, 2.75) is 19.8 Å². The fraction of sp³-hybridized carbons (Fsp3) is 0.273. The lowest BCUT2D eigenvalue weighted by Gasteiger charge is -2.08. The standard InChI is InChI=1S/C22H23NO5/c1-14-22(18-6-4-5-7-19(18)23-14)20(24)13-28-21(25)9-8-15-10-16(26-2)12-17(11-15)27-3/h4-7,10-12,23H,8-9,13H2,1-3H3. The molecule has 0 saturated heterocycles. The molecule has 0 aliphatic rings. The van der Waals surface area contributed by atoms with E-state index < -0.39 is 5.97 Å². The van der Waals surface area contributed by atoms with E-state index in [0.29, 0.717) is 23.5 Å². The first kappa shape index (κ1) is 19.5. The highest BCUT2D eigenvalue weighted by Crippen LogP contribution is 2.24. The zero-order valence-electron chi connectivity index (χ0n) is 16.2. The van der Waals surface area contributed by atoms with Crippen molar-refractivity contribution in [3.05, 3.63) is 59.3 Å². The maximum atomic E-state index is 12.6. The van der Waals surface area contributed by atoms with Gasteiger partial charge in [0.2, 0.25) is 5.78 Å². The van der Waals surface area contributed by atoms with Crippen molar-refractivity contribution in [1.29, 1.82) is 0 Å². The number of fused-ring (bicyclic) bond motifs is 1. The predicted molar refractivity (Wildman–Crippen MR) is 106 cm³/mol. The molecule has 0 radical (unpaired) electrons. The molecule has 0 saturated carbocycles. The summed E-state index contributed by atoms with van der Waals surface area (Å²) in [6, 6.07) is 13.0. The number of benzene rings is 2. The molecule has 0 aliphatic carbocycles. The summed E-state index contributed by atoms with van der Waals surface area (Å²) < 4.78 is 15.7. The number of aryl methyl sites for hydroxylation is 2. The van der Waals surface area contributed by atoms with Crippen LogP contribution in [0.4, 0.5) is 0 Å². The molecule has 0 fully saturated rings. The van der Waals surface area contributed by atoms with Crippen LogP contribution in [0.3, 0.4) is 0 Å². The Morgan fingerprint density at radius 2 is 1.68 bits per heavy atom. The third-order valence-corrected chi connectivity index (χ3v) is 4.57. The number of aromatic amines is 1. The summed E-state index contributed by atoms with van der Waals surface area (Å²) >= 11 is 0. The molecule has 0 spiro atoms. The second kappa shape index (κ2) is 8.61. The Morgan fingerprint density at radius 1 is 1.00 bits per heavy atom. The molecular formula is C22H23NO5. The SMILES string of the molecule is COc1cc(CCC(=O)OCC(=O)c2c(C)[nH]c3ccccc23)cc(OC)c1. The Balaban J connectivity index is 1.58. The van der Waals surface area contributed by atoms with Crippen molar-refractivity contribution in [2.24, 2.45) is 0 Å². The van der Waals surface area contributed by atoms with Gasteiger partial charge in [-0.1, -0.05) is 18.2 Å². The van der Waals surface area contributed by atoms with E-state index in [2.05, 4.69) is 4.98 Å². The van der Waals surface area contributed by atoms with E-state index in [0.717, 1.165) is 22.2 Å². The molecule has 3 aromatic rings. The van der Waals surface area contributed by atoms with E-state index in [4.69, 9.17) is 14.2 Å². The van der Waals surface area contributed by atoms with Gasteiger partial charge >= 0.3 is 5.97 Å². The second-order valence-corrected chi connectivity index (χ2v) is 6.48. The van der Waals surface area contributed by atoms with E-state index in [1.165, 1.54) is 0 Å². The third-order valence-electron chi connectivity index (χ3n) is 4.57. The van der Waals surface area contributed by atoms with Crippen molar-refractivity contribution in [3.63, 3.8) is 0 Å². The molecule has 6 heteroatoms.